The van der Waals surface area contributed by atoms with E-state index >= 15 is 0 Å². The first-order valence-electron chi connectivity index (χ1n) is 10.7. The number of hydrogen-bond donors (Lipinski definition) is 2. The van der Waals surface area contributed by atoms with Gasteiger partial charge in [0.2, 0.25) is 5.91 Å². The van der Waals surface area contributed by atoms with Gasteiger partial charge in [-0.1, -0.05) is 12.1 Å². The van der Waals surface area contributed by atoms with Gasteiger partial charge in [-0.15, -0.1) is 0 Å². The van der Waals surface area contributed by atoms with Crippen LogP contribution in [0.3, 0.4) is 0 Å². The molecule has 1 heterocycles. The van der Waals surface area contributed by atoms with Crippen LogP contribution in [0.2, 0.25) is 0 Å². The molecule has 1 fully saturated rings. The SMILES string of the molecule is CCN(c1ccc(NC(=O)CNC2(c3ccc(F)cc3)CCOCC2)cc1)C(C)C. The van der Waals surface area contributed by atoms with Gasteiger partial charge in [0.1, 0.15) is 5.82 Å². The van der Waals surface area contributed by atoms with E-state index in [2.05, 4.69) is 36.3 Å². The minimum absolute atomic E-state index is 0.105. The van der Waals surface area contributed by atoms with Crippen LogP contribution >= 0.6 is 0 Å². The minimum atomic E-state index is -0.383. The highest BCUT2D eigenvalue weighted by Crippen LogP contribution is 2.32. The van der Waals surface area contributed by atoms with Crippen LogP contribution < -0.4 is 15.5 Å². The van der Waals surface area contributed by atoms with Gasteiger partial charge < -0.3 is 15.0 Å². The molecule has 5 nitrogen and oxygen atoms in total. The van der Waals surface area contributed by atoms with Gasteiger partial charge in [-0.3, -0.25) is 10.1 Å². The molecule has 0 radical (unpaired) electrons. The molecule has 0 spiro atoms. The van der Waals surface area contributed by atoms with E-state index in [-0.39, 0.29) is 23.8 Å². The fourth-order valence-corrected chi connectivity index (χ4v) is 4.09. The van der Waals surface area contributed by atoms with Gasteiger partial charge in [-0.25, -0.2) is 4.39 Å². The van der Waals surface area contributed by atoms with Crippen molar-refractivity contribution in [2.24, 2.45) is 0 Å². The zero-order valence-electron chi connectivity index (χ0n) is 18.1. The first kappa shape index (κ1) is 22.2. The zero-order chi connectivity index (χ0) is 21.6. The summed E-state index contributed by atoms with van der Waals surface area (Å²) in [7, 11) is 0. The molecule has 1 aliphatic heterocycles. The molecule has 0 saturated carbocycles. The average molecular weight is 414 g/mol. The van der Waals surface area contributed by atoms with E-state index in [9.17, 15) is 9.18 Å². The van der Waals surface area contributed by atoms with Crippen molar-refractivity contribution in [3.63, 3.8) is 0 Å². The maximum atomic E-state index is 13.4. The number of nitrogens with one attached hydrogen (secondary N) is 2. The van der Waals surface area contributed by atoms with Gasteiger partial charge in [-0.05, 0) is 75.6 Å². The Morgan fingerprint density at radius 1 is 1.10 bits per heavy atom. The molecular formula is C24H32FN3O2. The predicted octanol–water partition coefficient (Wildman–Crippen LogP) is 4.29. The van der Waals surface area contributed by atoms with Crippen LogP contribution in [-0.2, 0) is 15.1 Å². The van der Waals surface area contributed by atoms with Crippen molar-refractivity contribution < 1.29 is 13.9 Å². The molecule has 2 N–H and O–H groups in total. The third-order valence-electron chi connectivity index (χ3n) is 5.78. The van der Waals surface area contributed by atoms with Crippen LogP contribution in [0, 0.1) is 5.82 Å². The Bertz CT molecular complexity index is 815. The highest BCUT2D eigenvalue weighted by atomic mass is 19.1. The first-order valence-corrected chi connectivity index (χ1v) is 10.7. The van der Waals surface area contributed by atoms with Gasteiger partial charge in [0.05, 0.1) is 6.54 Å². The molecule has 0 bridgehead atoms. The smallest absolute Gasteiger partial charge is 0.238 e. The number of ether oxygens (including phenoxy) is 1. The first-order chi connectivity index (χ1) is 14.4. The van der Waals surface area contributed by atoms with Crippen molar-refractivity contribution in [3.8, 4) is 0 Å². The summed E-state index contributed by atoms with van der Waals surface area (Å²) in [4.78, 5) is 14.9. The largest absolute Gasteiger partial charge is 0.381 e. The molecule has 1 aliphatic rings. The lowest BCUT2D eigenvalue weighted by Crippen LogP contribution is -2.49. The lowest BCUT2D eigenvalue weighted by molar-refractivity contribution is -0.116. The van der Waals surface area contributed by atoms with Crippen molar-refractivity contribution >= 4 is 17.3 Å². The van der Waals surface area contributed by atoms with Crippen LogP contribution in [0.1, 0.15) is 39.2 Å². The predicted molar refractivity (Wildman–Crippen MR) is 119 cm³/mol. The van der Waals surface area contributed by atoms with E-state index in [4.69, 9.17) is 4.74 Å². The van der Waals surface area contributed by atoms with Crippen LogP contribution in [0.25, 0.3) is 0 Å². The maximum absolute atomic E-state index is 13.4. The third-order valence-corrected chi connectivity index (χ3v) is 5.78. The fourth-order valence-electron chi connectivity index (χ4n) is 4.09. The van der Waals surface area contributed by atoms with Gasteiger partial charge in [0.25, 0.3) is 0 Å². The molecule has 2 aromatic carbocycles. The highest BCUT2D eigenvalue weighted by molar-refractivity contribution is 5.92. The Balaban J connectivity index is 1.63. The molecule has 6 heteroatoms. The summed E-state index contributed by atoms with van der Waals surface area (Å²) < 4.78 is 18.9. The van der Waals surface area contributed by atoms with Crippen molar-refractivity contribution in [1.82, 2.24) is 5.32 Å². The van der Waals surface area contributed by atoms with E-state index < -0.39 is 0 Å². The number of nitrogens with zero attached hydrogens (tertiary/aromatic N) is 1. The molecule has 0 atom stereocenters. The molecule has 3 rings (SSSR count). The molecular weight excluding hydrogens is 381 g/mol. The van der Waals surface area contributed by atoms with Crippen molar-refractivity contribution in [3.05, 3.63) is 59.9 Å². The number of carbonyl (C=O) groups is 1. The number of hydrogen-bond acceptors (Lipinski definition) is 4. The lowest BCUT2D eigenvalue weighted by atomic mass is 9.82. The summed E-state index contributed by atoms with van der Waals surface area (Å²) in [6, 6.07) is 14.9. The fraction of sp³-hybridized carbons (Fsp3) is 0.458. The molecule has 2 aromatic rings. The van der Waals surface area contributed by atoms with Crippen LogP contribution in [0.4, 0.5) is 15.8 Å². The number of anilines is 2. The average Bonchev–Trinajstić information content (AvgIpc) is 2.75. The topological polar surface area (TPSA) is 53.6 Å². The van der Waals surface area contributed by atoms with Crippen LogP contribution in [0.15, 0.2) is 48.5 Å². The number of amides is 1. The summed E-state index contributed by atoms with van der Waals surface area (Å²) >= 11 is 0. The molecule has 1 amide bonds. The molecule has 162 valence electrons. The number of rotatable bonds is 8. The maximum Gasteiger partial charge on any atom is 0.238 e. The summed E-state index contributed by atoms with van der Waals surface area (Å²) in [5.41, 5.74) is 2.51. The van der Waals surface area contributed by atoms with E-state index in [1.165, 1.54) is 12.1 Å². The monoisotopic (exact) mass is 413 g/mol. The van der Waals surface area contributed by atoms with Crippen molar-refractivity contribution in [2.45, 2.75) is 45.2 Å². The van der Waals surface area contributed by atoms with Gasteiger partial charge in [0, 0.05) is 42.7 Å². The second-order valence-corrected chi connectivity index (χ2v) is 8.03. The quantitative estimate of drug-likeness (QED) is 0.678. The Labute approximate surface area is 178 Å². The van der Waals surface area contributed by atoms with Crippen molar-refractivity contribution in [2.75, 3.05) is 36.5 Å². The summed E-state index contributed by atoms with van der Waals surface area (Å²) in [5, 5.41) is 6.38. The number of carbonyl (C=O) groups excluding carboxylic acids is 1. The van der Waals surface area contributed by atoms with E-state index in [1.54, 1.807) is 12.1 Å². The normalized spacial score (nSPS) is 15.8. The van der Waals surface area contributed by atoms with E-state index in [1.807, 2.05) is 24.3 Å². The Morgan fingerprint density at radius 2 is 1.73 bits per heavy atom. The molecule has 0 aliphatic carbocycles. The standard InChI is InChI=1S/C24H32FN3O2/c1-4-28(18(2)3)22-11-9-21(10-12-22)27-23(29)17-26-24(13-15-30-16-14-24)19-5-7-20(25)8-6-19/h5-12,18,26H,4,13-17H2,1-3H3,(H,27,29). The number of halogens is 1. The highest BCUT2D eigenvalue weighted by Gasteiger charge is 2.34. The number of benzene rings is 2. The molecule has 30 heavy (non-hydrogen) atoms. The Kier molecular flexibility index (Phi) is 7.45. The van der Waals surface area contributed by atoms with E-state index in [0.29, 0.717) is 19.3 Å². The van der Waals surface area contributed by atoms with E-state index in [0.717, 1.165) is 36.3 Å². The zero-order valence-corrected chi connectivity index (χ0v) is 18.1. The van der Waals surface area contributed by atoms with Gasteiger partial charge in [-0.2, -0.15) is 0 Å². The Hall–Kier alpha value is -2.44. The summed E-state index contributed by atoms with van der Waals surface area (Å²) in [6.07, 6.45) is 1.48. The third kappa shape index (κ3) is 5.37. The lowest BCUT2D eigenvalue weighted by Gasteiger charge is -2.38. The molecule has 0 unspecified atom stereocenters. The van der Waals surface area contributed by atoms with Gasteiger partial charge >= 0.3 is 0 Å². The van der Waals surface area contributed by atoms with Gasteiger partial charge in [0.15, 0.2) is 0 Å². The van der Waals surface area contributed by atoms with Crippen LogP contribution in [0.5, 0.6) is 0 Å². The Morgan fingerprint density at radius 3 is 2.30 bits per heavy atom. The van der Waals surface area contributed by atoms with Crippen LogP contribution in [-0.4, -0.2) is 38.3 Å². The molecule has 1 saturated heterocycles. The van der Waals surface area contributed by atoms with Crippen molar-refractivity contribution in [1.29, 1.82) is 0 Å². The summed E-state index contributed by atoms with van der Waals surface area (Å²) in [5.74, 6) is -0.367. The second-order valence-electron chi connectivity index (χ2n) is 8.03. The summed E-state index contributed by atoms with van der Waals surface area (Å²) in [6.45, 7) is 8.79. The second kappa shape index (κ2) is 10.0. The minimum Gasteiger partial charge on any atom is -0.381 e. The molecule has 0 aromatic heterocycles.